The van der Waals surface area contributed by atoms with Crippen molar-refractivity contribution in [2.24, 2.45) is 0 Å². The van der Waals surface area contributed by atoms with E-state index in [0.29, 0.717) is 17.9 Å². The van der Waals surface area contributed by atoms with Crippen LogP contribution in [0.15, 0.2) is 36.7 Å². The largest absolute Gasteiger partial charge is 0.370 e. The molecule has 2 heterocycles. The van der Waals surface area contributed by atoms with Crippen LogP contribution in [0, 0.1) is 5.82 Å². The molecule has 1 fully saturated rings. The Labute approximate surface area is 140 Å². The number of ether oxygens (including phenoxy) is 1. The van der Waals surface area contributed by atoms with Crippen LogP contribution in [0.25, 0.3) is 0 Å². The first-order valence-corrected chi connectivity index (χ1v) is 8.14. The highest BCUT2D eigenvalue weighted by molar-refractivity contribution is 5.78. The van der Waals surface area contributed by atoms with E-state index in [2.05, 4.69) is 15.3 Å². The third-order valence-electron chi connectivity index (χ3n) is 3.94. The number of nitrogens with one attached hydrogen (secondary N) is 1. The van der Waals surface area contributed by atoms with Gasteiger partial charge in [0.1, 0.15) is 11.9 Å². The van der Waals surface area contributed by atoms with E-state index in [1.807, 2.05) is 0 Å². The van der Waals surface area contributed by atoms with Crippen molar-refractivity contribution in [3.63, 3.8) is 0 Å². The smallest absolute Gasteiger partial charge is 0.224 e. The zero-order valence-corrected chi connectivity index (χ0v) is 13.4. The van der Waals surface area contributed by atoms with Crippen LogP contribution < -0.4 is 5.32 Å². The maximum Gasteiger partial charge on any atom is 0.224 e. The molecule has 0 bridgehead atoms. The zero-order valence-electron chi connectivity index (χ0n) is 13.4. The summed E-state index contributed by atoms with van der Waals surface area (Å²) in [5, 5.41) is 2.79. The number of amides is 1. The number of benzene rings is 1. The minimum atomic E-state index is -0.339. The number of carbonyl (C=O) groups excluding carboxylic acids is 1. The van der Waals surface area contributed by atoms with Gasteiger partial charge in [-0.25, -0.2) is 14.4 Å². The number of rotatable bonds is 5. The van der Waals surface area contributed by atoms with Crippen molar-refractivity contribution in [1.29, 1.82) is 0 Å². The van der Waals surface area contributed by atoms with Gasteiger partial charge < -0.3 is 10.1 Å². The summed E-state index contributed by atoms with van der Waals surface area (Å²) >= 11 is 0. The molecule has 1 amide bonds. The van der Waals surface area contributed by atoms with Gasteiger partial charge in [-0.15, -0.1) is 0 Å². The number of hydrogen-bond donors (Lipinski definition) is 1. The maximum absolute atomic E-state index is 13.1. The van der Waals surface area contributed by atoms with E-state index >= 15 is 0 Å². The molecule has 0 aliphatic carbocycles. The monoisotopic (exact) mass is 329 g/mol. The van der Waals surface area contributed by atoms with Crippen LogP contribution in [0.3, 0.4) is 0 Å². The van der Waals surface area contributed by atoms with Crippen molar-refractivity contribution in [2.45, 2.75) is 38.3 Å². The number of hydrogen-bond acceptors (Lipinski definition) is 4. The lowest BCUT2D eigenvalue weighted by atomic mass is 10.1. The average molecular weight is 329 g/mol. The molecule has 0 spiro atoms. The third-order valence-corrected chi connectivity index (χ3v) is 3.94. The first-order chi connectivity index (χ1) is 11.7. The molecule has 1 atom stereocenters. The molecule has 0 saturated carbocycles. The second-order valence-electron chi connectivity index (χ2n) is 5.89. The van der Waals surface area contributed by atoms with Crippen molar-refractivity contribution in [2.75, 3.05) is 6.61 Å². The van der Waals surface area contributed by atoms with Crippen LogP contribution in [-0.2, 0) is 22.5 Å². The highest BCUT2D eigenvalue weighted by atomic mass is 19.1. The Morgan fingerprint density at radius 2 is 2.08 bits per heavy atom. The molecule has 0 radical (unpaired) electrons. The third kappa shape index (κ3) is 4.58. The van der Waals surface area contributed by atoms with Crippen molar-refractivity contribution in [3.05, 3.63) is 59.4 Å². The Morgan fingerprint density at radius 1 is 1.25 bits per heavy atom. The number of halogens is 1. The number of carbonyl (C=O) groups is 1. The van der Waals surface area contributed by atoms with E-state index in [9.17, 15) is 9.18 Å². The van der Waals surface area contributed by atoms with Gasteiger partial charge in [0, 0.05) is 31.1 Å². The fourth-order valence-electron chi connectivity index (χ4n) is 2.66. The molecular formula is C18H20FN3O2. The summed E-state index contributed by atoms with van der Waals surface area (Å²) in [5.41, 5.74) is 1.47. The lowest BCUT2D eigenvalue weighted by Crippen LogP contribution is -2.25. The van der Waals surface area contributed by atoms with Gasteiger partial charge in [-0.1, -0.05) is 12.1 Å². The molecule has 24 heavy (non-hydrogen) atoms. The highest BCUT2D eigenvalue weighted by Crippen LogP contribution is 2.24. The van der Waals surface area contributed by atoms with Gasteiger partial charge in [0.25, 0.3) is 0 Å². The molecule has 1 unspecified atom stereocenters. The van der Waals surface area contributed by atoms with Crippen molar-refractivity contribution >= 4 is 5.91 Å². The lowest BCUT2D eigenvalue weighted by Gasteiger charge is -2.21. The minimum Gasteiger partial charge on any atom is -0.370 e. The normalized spacial score (nSPS) is 17.5. The fourth-order valence-corrected chi connectivity index (χ4v) is 2.66. The van der Waals surface area contributed by atoms with Crippen LogP contribution in [0.1, 0.15) is 42.3 Å². The predicted octanol–water partition coefficient (Wildman–Crippen LogP) is 2.72. The van der Waals surface area contributed by atoms with E-state index in [-0.39, 0.29) is 24.2 Å². The Morgan fingerprint density at radius 3 is 2.79 bits per heavy atom. The molecule has 2 aromatic rings. The molecule has 6 heteroatoms. The summed E-state index contributed by atoms with van der Waals surface area (Å²) < 4.78 is 18.8. The van der Waals surface area contributed by atoms with E-state index < -0.39 is 0 Å². The van der Waals surface area contributed by atoms with E-state index in [4.69, 9.17) is 4.74 Å². The van der Waals surface area contributed by atoms with Gasteiger partial charge in [-0.05, 0) is 37.0 Å². The molecular weight excluding hydrogens is 309 g/mol. The van der Waals surface area contributed by atoms with Gasteiger partial charge in [-0.3, -0.25) is 4.79 Å². The Hall–Kier alpha value is -2.34. The molecule has 3 rings (SSSR count). The van der Waals surface area contributed by atoms with E-state index in [1.165, 1.54) is 12.1 Å². The molecule has 126 valence electrons. The summed E-state index contributed by atoms with van der Waals surface area (Å²) in [6, 6.07) is 6.04. The van der Waals surface area contributed by atoms with Crippen LogP contribution in [0.4, 0.5) is 4.39 Å². The van der Waals surface area contributed by atoms with Crippen LogP contribution in [0.5, 0.6) is 0 Å². The summed E-state index contributed by atoms with van der Waals surface area (Å²) in [7, 11) is 0. The molecule has 5 nitrogen and oxygen atoms in total. The molecule has 1 aliphatic rings. The molecule has 1 aromatic heterocycles. The second-order valence-corrected chi connectivity index (χ2v) is 5.89. The van der Waals surface area contributed by atoms with E-state index in [0.717, 1.165) is 31.4 Å². The molecule has 1 saturated heterocycles. The fraction of sp³-hybridized carbons (Fsp3) is 0.389. The quantitative estimate of drug-likeness (QED) is 0.916. The number of aromatic nitrogens is 2. The topological polar surface area (TPSA) is 64.1 Å². The second kappa shape index (κ2) is 7.97. The SMILES string of the molecule is O=C(Cc1cccc(F)c1)NCc1cnc(C2CCCCO2)nc1. The minimum absolute atomic E-state index is 0.0182. The summed E-state index contributed by atoms with van der Waals surface area (Å²) in [5.74, 6) is 0.194. The van der Waals surface area contributed by atoms with Gasteiger partial charge in [0.2, 0.25) is 5.91 Å². The predicted molar refractivity (Wildman–Crippen MR) is 86.5 cm³/mol. The molecule has 1 aromatic carbocycles. The van der Waals surface area contributed by atoms with Gasteiger partial charge in [0.15, 0.2) is 5.82 Å². The number of nitrogens with zero attached hydrogens (tertiary/aromatic N) is 2. The van der Waals surface area contributed by atoms with Crippen LogP contribution in [0.2, 0.25) is 0 Å². The van der Waals surface area contributed by atoms with Gasteiger partial charge in [-0.2, -0.15) is 0 Å². The van der Waals surface area contributed by atoms with Gasteiger partial charge in [0.05, 0.1) is 6.42 Å². The Kier molecular flexibility index (Phi) is 5.48. The highest BCUT2D eigenvalue weighted by Gasteiger charge is 2.18. The Bertz CT molecular complexity index is 685. The lowest BCUT2D eigenvalue weighted by molar-refractivity contribution is -0.120. The van der Waals surface area contributed by atoms with E-state index in [1.54, 1.807) is 24.5 Å². The van der Waals surface area contributed by atoms with Crippen molar-refractivity contribution < 1.29 is 13.9 Å². The average Bonchev–Trinajstić information content (AvgIpc) is 2.61. The first kappa shape index (κ1) is 16.5. The molecule has 1 N–H and O–H groups in total. The Balaban J connectivity index is 1.50. The molecule has 1 aliphatic heterocycles. The van der Waals surface area contributed by atoms with Crippen molar-refractivity contribution in [1.82, 2.24) is 15.3 Å². The summed E-state index contributed by atoms with van der Waals surface area (Å²) in [6.45, 7) is 1.10. The summed E-state index contributed by atoms with van der Waals surface area (Å²) in [4.78, 5) is 20.6. The van der Waals surface area contributed by atoms with Crippen molar-refractivity contribution in [3.8, 4) is 0 Å². The summed E-state index contributed by atoms with van der Waals surface area (Å²) in [6.07, 6.45) is 6.72. The van der Waals surface area contributed by atoms with Crippen LogP contribution in [-0.4, -0.2) is 22.5 Å². The zero-order chi connectivity index (χ0) is 16.8. The maximum atomic E-state index is 13.1. The van der Waals surface area contributed by atoms with Crippen LogP contribution >= 0.6 is 0 Å². The first-order valence-electron chi connectivity index (χ1n) is 8.14. The van der Waals surface area contributed by atoms with Gasteiger partial charge >= 0.3 is 0 Å². The standard InChI is InChI=1S/C18H20FN3O2/c19-15-5-3-4-13(8-15)9-17(23)20-10-14-11-21-18(22-12-14)16-6-1-2-7-24-16/h3-5,8,11-12,16H,1-2,6-7,9-10H2,(H,20,23).